The first-order valence-corrected chi connectivity index (χ1v) is 10.7. The van der Waals surface area contributed by atoms with Crippen molar-refractivity contribution >= 4 is 11.8 Å². The van der Waals surface area contributed by atoms with Crippen LogP contribution < -0.4 is 0 Å². The molecule has 23 heavy (non-hydrogen) atoms. The van der Waals surface area contributed by atoms with Crippen molar-refractivity contribution in [3.05, 3.63) is 25.3 Å². The van der Waals surface area contributed by atoms with Gasteiger partial charge >= 0.3 is 0 Å². The zero-order valence-electron chi connectivity index (χ0n) is 15.7. The zero-order valence-corrected chi connectivity index (χ0v) is 16.5. The summed E-state index contributed by atoms with van der Waals surface area (Å²) in [5.41, 5.74) is 0. The van der Waals surface area contributed by atoms with E-state index in [2.05, 4.69) is 55.8 Å². The molecule has 0 aromatic heterocycles. The molecule has 2 heteroatoms. The Kier molecular flexibility index (Phi) is 11.0. The van der Waals surface area contributed by atoms with Crippen molar-refractivity contribution in [2.75, 3.05) is 13.1 Å². The van der Waals surface area contributed by atoms with Crippen molar-refractivity contribution in [1.29, 1.82) is 0 Å². The molecule has 1 aliphatic rings. The molecule has 0 bridgehead atoms. The summed E-state index contributed by atoms with van der Waals surface area (Å²) in [5.74, 6) is 0. The van der Waals surface area contributed by atoms with Crippen LogP contribution in [0.15, 0.2) is 25.3 Å². The second kappa shape index (κ2) is 12.2. The third-order valence-corrected chi connectivity index (χ3v) is 6.97. The van der Waals surface area contributed by atoms with Gasteiger partial charge in [0.1, 0.15) is 0 Å². The van der Waals surface area contributed by atoms with Gasteiger partial charge in [-0.15, -0.1) is 24.9 Å². The van der Waals surface area contributed by atoms with E-state index < -0.39 is 0 Å². The van der Waals surface area contributed by atoms with Gasteiger partial charge < -0.3 is 0 Å². The lowest BCUT2D eigenvalue weighted by Crippen LogP contribution is -2.49. The Morgan fingerprint density at radius 3 is 2.30 bits per heavy atom. The molecular formula is C21H39NS. The summed E-state index contributed by atoms with van der Waals surface area (Å²) >= 11 is 2.30. The predicted molar refractivity (Wildman–Crippen MR) is 108 cm³/mol. The molecule has 1 saturated heterocycles. The fourth-order valence-corrected chi connectivity index (χ4v) is 5.82. The van der Waals surface area contributed by atoms with Gasteiger partial charge in [-0.25, -0.2) is 0 Å². The van der Waals surface area contributed by atoms with E-state index in [9.17, 15) is 0 Å². The molecule has 1 aliphatic heterocycles. The molecule has 0 spiro atoms. The average molecular weight is 338 g/mol. The van der Waals surface area contributed by atoms with E-state index >= 15 is 0 Å². The highest BCUT2D eigenvalue weighted by Crippen LogP contribution is 2.48. The van der Waals surface area contributed by atoms with Crippen molar-refractivity contribution in [3.63, 3.8) is 0 Å². The summed E-state index contributed by atoms with van der Waals surface area (Å²) in [6.07, 6.45) is 19.2. The summed E-state index contributed by atoms with van der Waals surface area (Å²) in [7, 11) is 0. The number of unbranched alkanes of at least 4 members (excludes halogenated alkanes) is 4. The van der Waals surface area contributed by atoms with Gasteiger partial charge in [-0.1, -0.05) is 64.5 Å². The minimum atomic E-state index is 0.326. The van der Waals surface area contributed by atoms with E-state index in [1.807, 2.05) is 0 Å². The molecule has 0 aromatic carbocycles. The van der Waals surface area contributed by atoms with E-state index in [0.29, 0.717) is 4.87 Å². The molecule has 2 atom stereocenters. The highest BCUT2D eigenvalue weighted by Gasteiger charge is 2.40. The van der Waals surface area contributed by atoms with E-state index in [0.717, 1.165) is 18.3 Å². The van der Waals surface area contributed by atoms with Crippen molar-refractivity contribution in [1.82, 2.24) is 4.90 Å². The molecule has 2 unspecified atom stereocenters. The van der Waals surface area contributed by atoms with Gasteiger partial charge in [0.15, 0.2) is 0 Å². The van der Waals surface area contributed by atoms with Gasteiger partial charge in [0.2, 0.25) is 0 Å². The van der Waals surface area contributed by atoms with E-state index in [4.69, 9.17) is 0 Å². The number of hydrogen-bond donors (Lipinski definition) is 0. The van der Waals surface area contributed by atoms with Crippen LogP contribution in [0.25, 0.3) is 0 Å². The molecule has 0 aromatic rings. The van der Waals surface area contributed by atoms with Crippen LogP contribution in [0.3, 0.4) is 0 Å². The van der Waals surface area contributed by atoms with E-state index in [1.54, 1.807) is 0 Å². The smallest absolute Gasteiger partial charge is 0.0678 e. The molecule has 134 valence electrons. The molecule has 1 nitrogen and oxygen atoms in total. The topological polar surface area (TPSA) is 3.24 Å². The zero-order chi connectivity index (χ0) is 17.0. The van der Waals surface area contributed by atoms with Gasteiger partial charge in [0.25, 0.3) is 0 Å². The first-order chi connectivity index (χ1) is 11.2. The summed E-state index contributed by atoms with van der Waals surface area (Å²) < 4.78 is 0. The minimum absolute atomic E-state index is 0.326. The summed E-state index contributed by atoms with van der Waals surface area (Å²) in [6, 6.07) is 0. The largest absolute Gasteiger partial charge is 0.282 e. The van der Waals surface area contributed by atoms with Crippen LogP contribution >= 0.6 is 11.8 Å². The number of hydrogen-bond acceptors (Lipinski definition) is 2. The molecule has 0 aliphatic carbocycles. The highest BCUT2D eigenvalue weighted by molar-refractivity contribution is 8.01. The van der Waals surface area contributed by atoms with Crippen LogP contribution in [-0.2, 0) is 0 Å². The monoisotopic (exact) mass is 337 g/mol. The Morgan fingerprint density at radius 1 is 1.04 bits per heavy atom. The summed E-state index contributed by atoms with van der Waals surface area (Å²) in [4.78, 5) is 2.98. The molecule has 0 amide bonds. The minimum Gasteiger partial charge on any atom is -0.282 e. The van der Waals surface area contributed by atoms with Crippen LogP contribution in [-0.4, -0.2) is 28.1 Å². The molecule has 1 heterocycles. The Hall–Kier alpha value is -0.210. The summed E-state index contributed by atoms with van der Waals surface area (Å²) in [6.45, 7) is 14.6. The normalized spacial score (nSPS) is 24.7. The second-order valence-corrected chi connectivity index (χ2v) is 8.68. The predicted octanol–water partition coefficient (Wildman–Crippen LogP) is 6.80. The number of thioether (sulfide) groups is 1. The van der Waals surface area contributed by atoms with Crippen molar-refractivity contribution in [2.24, 2.45) is 0 Å². The SMILES string of the molecule is C=CCN(CC=C)C1(CCCCC)CCCC(CCCCC)S1. The van der Waals surface area contributed by atoms with Crippen molar-refractivity contribution < 1.29 is 0 Å². The first kappa shape index (κ1) is 20.8. The van der Waals surface area contributed by atoms with Gasteiger partial charge in [0.05, 0.1) is 4.87 Å². The molecule has 0 radical (unpaired) electrons. The average Bonchev–Trinajstić information content (AvgIpc) is 2.55. The quantitative estimate of drug-likeness (QED) is 0.268. The Bertz CT molecular complexity index is 318. The first-order valence-electron chi connectivity index (χ1n) is 9.87. The maximum Gasteiger partial charge on any atom is 0.0678 e. The highest BCUT2D eigenvalue weighted by atomic mass is 32.2. The Labute approximate surface area is 150 Å². The second-order valence-electron chi connectivity index (χ2n) is 7.01. The lowest BCUT2D eigenvalue weighted by molar-refractivity contribution is 0.168. The molecule has 0 N–H and O–H groups in total. The lowest BCUT2D eigenvalue weighted by atomic mass is 9.97. The third kappa shape index (κ3) is 7.05. The molecular weight excluding hydrogens is 298 g/mol. The van der Waals surface area contributed by atoms with Gasteiger partial charge in [-0.3, -0.25) is 4.90 Å². The fourth-order valence-electron chi connectivity index (χ4n) is 3.80. The molecule has 1 rings (SSSR count). The van der Waals surface area contributed by atoms with Gasteiger partial charge in [-0.05, 0) is 32.1 Å². The van der Waals surface area contributed by atoms with Crippen LogP contribution in [0.4, 0.5) is 0 Å². The van der Waals surface area contributed by atoms with Crippen LogP contribution in [0, 0.1) is 0 Å². The van der Waals surface area contributed by atoms with Crippen LogP contribution in [0.5, 0.6) is 0 Å². The third-order valence-electron chi connectivity index (χ3n) is 5.06. The Balaban J connectivity index is 2.78. The maximum absolute atomic E-state index is 4.00. The Morgan fingerprint density at radius 2 is 1.70 bits per heavy atom. The maximum atomic E-state index is 4.00. The van der Waals surface area contributed by atoms with Crippen LogP contribution in [0.1, 0.15) is 84.5 Å². The standard InChI is InChI=1S/C21H39NS/c1-5-9-11-14-20-15-13-17-21(23-20,16-12-10-6-2)22(18-7-3)19-8-4/h7-8,20H,3-6,9-19H2,1-2H3. The van der Waals surface area contributed by atoms with E-state index in [-0.39, 0.29) is 0 Å². The van der Waals surface area contributed by atoms with Gasteiger partial charge in [-0.2, -0.15) is 0 Å². The lowest BCUT2D eigenvalue weighted by Gasteiger charge is -2.48. The fraction of sp³-hybridized carbons (Fsp3) is 0.810. The van der Waals surface area contributed by atoms with Crippen molar-refractivity contribution in [3.8, 4) is 0 Å². The molecule has 1 fully saturated rings. The summed E-state index contributed by atoms with van der Waals surface area (Å²) in [5, 5.41) is 0.856. The van der Waals surface area contributed by atoms with Gasteiger partial charge in [0, 0.05) is 18.3 Å². The van der Waals surface area contributed by atoms with E-state index in [1.165, 1.54) is 70.6 Å². The number of nitrogens with zero attached hydrogens (tertiary/aromatic N) is 1. The van der Waals surface area contributed by atoms with Crippen molar-refractivity contribution in [2.45, 2.75) is 94.6 Å². The molecule has 0 saturated carbocycles. The van der Waals surface area contributed by atoms with Crippen LogP contribution in [0.2, 0.25) is 0 Å². The number of rotatable bonds is 13.